The summed E-state index contributed by atoms with van der Waals surface area (Å²) in [4.78, 5) is 9.49. The van der Waals surface area contributed by atoms with Crippen molar-refractivity contribution in [3.05, 3.63) is 24.2 Å². The second-order valence-corrected chi connectivity index (χ2v) is 7.00. The van der Waals surface area contributed by atoms with Crippen LogP contribution in [0.25, 0.3) is 11.2 Å². The van der Waals surface area contributed by atoms with Crippen molar-refractivity contribution in [3.63, 3.8) is 0 Å². The number of hydrogen-bond acceptors (Lipinski definition) is 4. The third-order valence-electron chi connectivity index (χ3n) is 4.43. The Balaban J connectivity index is 1.75. The number of pyridine rings is 1. The van der Waals surface area contributed by atoms with Gasteiger partial charge in [0.2, 0.25) is 0 Å². The average molecular weight is 288 g/mol. The van der Waals surface area contributed by atoms with E-state index in [1.165, 1.54) is 30.2 Å². The number of nitrogens with one attached hydrogen (secondary N) is 1. The van der Waals surface area contributed by atoms with Crippen LogP contribution in [0.5, 0.6) is 0 Å². The number of nitrogens with zero attached hydrogens (tertiary/aromatic N) is 3. The van der Waals surface area contributed by atoms with Crippen molar-refractivity contribution >= 4 is 22.9 Å². The van der Waals surface area contributed by atoms with E-state index in [1.807, 2.05) is 12.3 Å². The Kier molecular flexibility index (Phi) is 3.40. The molecule has 2 aromatic rings. The molecule has 1 N–H and O–H groups in total. The van der Waals surface area contributed by atoms with E-state index in [1.54, 1.807) is 0 Å². The van der Waals surface area contributed by atoms with E-state index < -0.39 is 0 Å². The van der Waals surface area contributed by atoms with E-state index in [2.05, 4.69) is 32.7 Å². The van der Waals surface area contributed by atoms with Gasteiger partial charge in [0.15, 0.2) is 5.65 Å². The number of thioether (sulfide) groups is 1. The highest BCUT2D eigenvalue weighted by molar-refractivity contribution is 7.99. The van der Waals surface area contributed by atoms with Crippen molar-refractivity contribution in [3.8, 4) is 0 Å². The summed E-state index contributed by atoms with van der Waals surface area (Å²) >= 11 is 2.05. The van der Waals surface area contributed by atoms with Crippen molar-refractivity contribution in [1.82, 2.24) is 19.9 Å². The summed E-state index contributed by atoms with van der Waals surface area (Å²) in [5.41, 5.74) is 2.14. The van der Waals surface area contributed by atoms with Gasteiger partial charge < -0.3 is 9.88 Å². The fourth-order valence-corrected chi connectivity index (χ4v) is 4.55. The lowest BCUT2D eigenvalue weighted by Crippen LogP contribution is -2.18. The van der Waals surface area contributed by atoms with Gasteiger partial charge in [0.05, 0.1) is 0 Å². The Morgan fingerprint density at radius 1 is 1.40 bits per heavy atom. The molecule has 106 valence electrons. The molecule has 4 nitrogen and oxygen atoms in total. The molecule has 0 aromatic carbocycles. The summed E-state index contributed by atoms with van der Waals surface area (Å²) in [5, 5.41) is 3.46. The monoisotopic (exact) mass is 288 g/mol. The van der Waals surface area contributed by atoms with Gasteiger partial charge >= 0.3 is 0 Å². The summed E-state index contributed by atoms with van der Waals surface area (Å²) in [6.45, 7) is 3.35. The fourth-order valence-electron chi connectivity index (χ4n) is 3.33. The van der Waals surface area contributed by atoms with Gasteiger partial charge in [-0.05, 0) is 49.7 Å². The normalized spacial score (nSPS) is 26.6. The molecule has 4 rings (SSSR count). The van der Waals surface area contributed by atoms with Crippen LogP contribution >= 0.6 is 11.8 Å². The minimum atomic E-state index is 0.614. The molecule has 2 aromatic heterocycles. The van der Waals surface area contributed by atoms with E-state index in [9.17, 15) is 0 Å². The van der Waals surface area contributed by atoms with Gasteiger partial charge in [-0.1, -0.05) is 0 Å². The fraction of sp³-hybridized carbons (Fsp3) is 0.600. The average Bonchev–Trinajstić information content (AvgIpc) is 3.19. The maximum atomic E-state index is 4.90. The maximum Gasteiger partial charge on any atom is 0.160 e. The van der Waals surface area contributed by atoms with Crippen LogP contribution in [-0.4, -0.2) is 39.1 Å². The molecule has 20 heavy (non-hydrogen) atoms. The van der Waals surface area contributed by atoms with E-state index in [0.717, 1.165) is 36.7 Å². The first-order valence-corrected chi connectivity index (χ1v) is 8.67. The lowest BCUT2D eigenvalue weighted by Gasteiger charge is -2.16. The zero-order chi connectivity index (χ0) is 13.4. The predicted molar refractivity (Wildman–Crippen MR) is 83.2 cm³/mol. The molecule has 0 amide bonds. The van der Waals surface area contributed by atoms with Gasteiger partial charge in [0, 0.05) is 24.4 Å². The molecule has 0 spiro atoms. The SMILES string of the molecule is c1cnc2c(c1)nc(C1CCSC1)n2CC1CCNC1. The summed E-state index contributed by atoms with van der Waals surface area (Å²) in [5.74, 6) is 5.10. The molecule has 0 saturated carbocycles. The molecule has 2 saturated heterocycles. The maximum absolute atomic E-state index is 4.90. The van der Waals surface area contributed by atoms with E-state index in [0.29, 0.717) is 5.92 Å². The number of aromatic nitrogens is 3. The number of rotatable bonds is 3. The third kappa shape index (κ3) is 2.23. The second-order valence-electron chi connectivity index (χ2n) is 5.85. The molecular weight excluding hydrogens is 268 g/mol. The lowest BCUT2D eigenvalue weighted by atomic mass is 10.1. The Labute approximate surface area is 123 Å². The van der Waals surface area contributed by atoms with Crippen molar-refractivity contribution in [1.29, 1.82) is 0 Å². The van der Waals surface area contributed by atoms with Crippen LogP contribution in [-0.2, 0) is 6.54 Å². The highest BCUT2D eigenvalue weighted by Crippen LogP contribution is 2.33. The molecule has 0 bridgehead atoms. The minimum absolute atomic E-state index is 0.614. The largest absolute Gasteiger partial charge is 0.316 e. The zero-order valence-electron chi connectivity index (χ0n) is 11.6. The van der Waals surface area contributed by atoms with Crippen LogP contribution < -0.4 is 5.32 Å². The van der Waals surface area contributed by atoms with Gasteiger partial charge in [-0.15, -0.1) is 0 Å². The Morgan fingerprint density at radius 3 is 3.20 bits per heavy atom. The molecule has 0 aliphatic carbocycles. The summed E-state index contributed by atoms with van der Waals surface area (Å²) in [6.07, 6.45) is 4.42. The zero-order valence-corrected chi connectivity index (χ0v) is 12.4. The van der Waals surface area contributed by atoms with Gasteiger partial charge in [-0.3, -0.25) is 0 Å². The van der Waals surface area contributed by atoms with Crippen LogP contribution in [0.4, 0.5) is 0 Å². The molecule has 0 radical (unpaired) electrons. The molecule has 5 heteroatoms. The topological polar surface area (TPSA) is 42.7 Å². The summed E-state index contributed by atoms with van der Waals surface area (Å²) < 4.78 is 2.41. The number of hydrogen-bond donors (Lipinski definition) is 1. The van der Waals surface area contributed by atoms with Gasteiger partial charge in [-0.2, -0.15) is 11.8 Å². The predicted octanol–water partition coefficient (Wildman–Crippen LogP) is 2.26. The molecule has 2 unspecified atom stereocenters. The van der Waals surface area contributed by atoms with Crippen LogP contribution in [0.3, 0.4) is 0 Å². The first-order valence-electron chi connectivity index (χ1n) is 7.51. The molecule has 2 atom stereocenters. The Hall–Kier alpha value is -1.07. The van der Waals surface area contributed by atoms with Crippen molar-refractivity contribution in [2.24, 2.45) is 5.92 Å². The first kappa shape index (κ1) is 12.7. The quantitative estimate of drug-likeness (QED) is 0.941. The standard InChI is InChI=1S/C15H20N4S/c1-2-13-15(17-5-1)19(9-11-3-6-16-8-11)14(18-13)12-4-7-20-10-12/h1-2,5,11-12,16H,3-4,6-10H2. The smallest absolute Gasteiger partial charge is 0.160 e. The van der Waals surface area contributed by atoms with Gasteiger partial charge in [-0.25, -0.2) is 9.97 Å². The highest BCUT2D eigenvalue weighted by Gasteiger charge is 2.26. The molecule has 2 aliphatic rings. The van der Waals surface area contributed by atoms with Gasteiger partial charge in [0.1, 0.15) is 11.3 Å². The first-order chi connectivity index (χ1) is 9.92. The van der Waals surface area contributed by atoms with Crippen LogP contribution in [0.15, 0.2) is 18.3 Å². The lowest BCUT2D eigenvalue weighted by molar-refractivity contribution is 0.467. The summed E-state index contributed by atoms with van der Waals surface area (Å²) in [6, 6.07) is 4.08. The number of imidazole rings is 1. The van der Waals surface area contributed by atoms with Crippen LogP contribution in [0.2, 0.25) is 0 Å². The van der Waals surface area contributed by atoms with Crippen LogP contribution in [0, 0.1) is 5.92 Å². The Morgan fingerprint density at radius 2 is 2.40 bits per heavy atom. The van der Waals surface area contributed by atoms with Crippen molar-refractivity contribution in [2.75, 3.05) is 24.6 Å². The van der Waals surface area contributed by atoms with E-state index >= 15 is 0 Å². The van der Waals surface area contributed by atoms with Crippen molar-refractivity contribution < 1.29 is 0 Å². The second kappa shape index (κ2) is 5.37. The minimum Gasteiger partial charge on any atom is -0.316 e. The number of fused-ring (bicyclic) bond motifs is 1. The van der Waals surface area contributed by atoms with Crippen molar-refractivity contribution in [2.45, 2.75) is 25.3 Å². The van der Waals surface area contributed by atoms with E-state index in [-0.39, 0.29) is 0 Å². The molecule has 2 aliphatic heterocycles. The highest BCUT2D eigenvalue weighted by atomic mass is 32.2. The van der Waals surface area contributed by atoms with E-state index in [4.69, 9.17) is 4.98 Å². The Bertz CT molecular complexity index is 597. The summed E-state index contributed by atoms with van der Waals surface area (Å²) in [7, 11) is 0. The molecule has 4 heterocycles. The van der Waals surface area contributed by atoms with Crippen LogP contribution in [0.1, 0.15) is 24.6 Å². The third-order valence-corrected chi connectivity index (χ3v) is 5.59. The molecular formula is C15H20N4S. The molecule has 2 fully saturated rings. The van der Waals surface area contributed by atoms with Gasteiger partial charge in [0.25, 0.3) is 0 Å².